The van der Waals surface area contributed by atoms with Crippen molar-refractivity contribution in [1.82, 2.24) is 10.3 Å². The Morgan fingerprint density at radius 3 is 3.14 bits per heavy atom. The summed E-state index contributed by atoms with van der Waals surface area (Å²) in [5.41, 5.74) is 2.60. The number of carbonyl (C=O) groups is 1. The van der Waals surface area contributed by atoms with Gasteiger partial charge in [0.25, 0.3) is 5.91 Å². The Kier molecular flexibility index (Phi) is 1.39. The summed E-state index contributed by atoms with van der Waals surface area (Å²) >= 11 is 1.88. The zero-order valence-corrected chi connectivity index (χ0v) is 9.10. The molecular weight excluding hydrogens is 198 g/mol. The predicted molar refractivity (Wildman–Crippen MR) is 56.1 cm³/mol. The molecule has 76 valence electrons. The van der Waals surface area contributed by atoms with Crippen molar-refractivity contribution in [3.8, 4) is 0 Å². The Morgan fingerprint density at radius 2 is 2.50 bits per heavy atom. The van der Waals surface area contributed by atoms with Crippen molar-refractivity contribution in [2.24, 2.45) is 5.10 Å². The van der Waals surface area contributed by atoms with Crippen molar-refractivity contribution in [3.05, 3.63) is 0 Å². The number of nitrogens with zero attached hydrogens (tertiary/aromatic N) is 2. The van der Waals surface area contributed by atoms with Crippen LogP contribution >= 0.6 is 11.8 Å². The SMILES string of the molecule is CC1(C)CN2C(=O)C3(CC=NN3)C2S1. The minimum atomic E-state index is -0.390. The molecule has 2 fully saturated rings. The lowest BCUT2D eigenvalue weighted by Crippen LogP contribution is -2.74. The Labute approximate surface area is 87.1 Å². The highest BCUT2D eigenvalue weighted by atomic mass is 32.2. The minimum Gasteiger partial charge on any atom is -0.324 e. The average molecular weight is 211 g/mol. The molecule has 2 saturated heterocycles. The third-order valence-corrected chi connectivity index (χ3v) is 4.74. The normalized spacial score (nSPS) is 42.6. The number of β-lactam (4-membered cyclic amide) rings is 1. The summed E-state index contributed by atoms with van der Waals surface area (Å²) in [6.07, 6.45) is 2.55. The molecule has 0 bridgehead atoms. The maximum atomic E-state index is 11.9. The van der Waals surface area contributed by atoms with Crippen molar-refractivity contribution in [3.63, 3.8) is 0 Å². The third kappa shape index (κ3) is 0.815. The van der Waals surface area contributed by atoms with Crippen molar-refractivity contribution in [2.75, 3.05) is 6.54 Å². The molecule has 0 aliphatic carbocycles. The predicted octanol–water partition coefficient (Wildman–Crippen LogP) is 0.398. The van der Waals surface area contributed by atoms with Crippen LogP contribution in [0.4, 0.5) is 0 Å². The molecule has 1 amide bonds. The first-order chi connectivity index (χ1) is 6.55. The summed E-state index contributed by atoms with van der Waals surface area (Å²) in [4.78, 5) is 13.9. The molecule has 4 nitrogen and oxygen atoms in total. The van der Waals surface area contributed by atoms with Crippen molar-refractivity contribution >= 4 is 23.9 Å². The first kappa shape index (κ1) is 8.59. The van der Waals surface area contributed by atoms with Gasteiger partial charge in [-0.1, -0.05) is 0 Å². The third-order valence-electron chi connectivity index (χ3n) is 3.10. The van der Waals surface area contributed by atoms with Crippen LogP contribution in [0, 0.1) is 0 Å². The van der Waals surface area contributed by atoms with Gasteiger partial charge >= 0.3 is 0 Å². The lowest BCUT2D eigenvalue weighted by atomic mass is 9.86. The average Bonchev–Trinajstić information content (AvgIpc) is 2.69. The molecule has 0 aromatic carbocycles. The lowest BCUT2D eigenvalue weighted by Gasteiger charge is -2.49. The van der Waals surface area contributed by atoms with E-state index in [1.165, 1.54) is 0 Å². The number of hydrogen-bond acceptors (Lipinski definition) is 4. The smallest absolute Gasteiger partial charge is 0.254 e. The van der Waals surface area contributed by atoms with Gasteiger partial charge in [-0.2, -0.15) is 5.10 Å². The molecule has 0 radical (unpaired) electrons. The molecule has 3 rings (SSSR count). The van der Waals surface area contributed by atoms with Crippen LogP contribution < -0.4 is 5.43 Å². The molecule has 2 atom stereocenters. The summed E-state index contributed by atoms with van der Waals surface area (Å²) in [6.45, 7) is 5.24. The van der Waals surface area contributed by atoms with Gasteiger partial charge in [-0.05, 0) is 13.8 Å². The van der Waals surface area contributed by atoms with Crippen LogP contribution in [0.3, 0.4) is 0 Å². The van der Waals surface area contributed by atoms with Gasteiger partial charge in [-0.3, -0.25) is 10.2 Å². The first-order valence-electron chi connectivity index (χ1n) is 4.83. The highest BCUT2D eigenvalue weighted by Gasteiger charge is 2.66. The van der Waals surface area contributed by atoms with Gasteiger partial charge in [0.15, 0.2) is 5.54 Å². The van der Waals surface area contributed by atoms with E-state index in [4.69, 9.17) is 0 Å². The summed E-state index contributed by atoms with van der Waals surface area (Å²) in [7, 11) is 0. The van der Waals surface area contributed by atoms with E-state index in [1.54, 1.807) is 6.21 Å². The summed E-state index contributed by atoms with van der Waals surface area (Å²) < 4.78 is 0.189. The molecule has 3 aliphatic heterocycles. The van der Waals surface area contributed by atoms with Crippen LogP contribution in [0.25, 0.3) is 0 Å². The standard InChI is InChI=1S/C9H13N3OS/c1-8(2)5-12-6(13)9(7(12)14-8)3-4-10-11-9/h4,7,11H,3,5H2,1-2H3. The van der Waals surface area contributed by atoms with E-state index < -0.39 is 5.54 Å². The largest absolute Gasteiger partial charge is 0.324 e. The highest BCUT2D eigenvalue weighted by Crippen LogP contribution is 2.52. The van der Waals surface area contributed by atoms with Gasteiger partial charge in [0.05, 0.1) is 0 Å². The zero-order chi connectivity index (χ0) is 9.97. The van der Waals surface area contributed by atoms with Crippen LogP contribution in [0.5, 0.6) is 0 Å². The second kappa shape index (κ2) is 2.27. The number of hydrogen-bond donors (Lipinski definition) is 1. The summed E-state index contributed by atoms with van der Waals surface area (Å²) in [6, 6.07) is 0. The molecule has 3 aliphatic rings. The first-order valence-corrected chi connectivity index (χ1v) is 5.71. The lowest BCUT2D eigenvalue weighted by molar-refractivity contribution is -0.153. The molecule has 14 heavy (non-hydrogen) atoms. The second-order valence-corrected chi connectivity index (χ2v) is 6.55. The van der Waals surface area contributed by atoms with Crippen molar-refractivity contribution in [2.45, 2.75) is 35.9 Å². The van der Waals surface area contributed by atoms with E-state index in [0.29, 0.717) is 0 Å². The zero-order valence-electron chi connectivity index (χ0n) is 8.28. The number of nitrogens with one attached hydrogen (secondary N) is 1. The number of fused-ring (bicyclic) bond motifs is 2. The van der Waals surface area contributed by atoms with Gasteiger partial charge in [0, 0.05) is 23.9 Å². The van der Waals surface area contributed by atoms with Crippen LogP contribution in [0.1, 0.15) is 20.3 Å². The summed E-state index contributed by atoms with van der Waals surface area (Å²) in [5, 5.41) is 4.27. The number of thioether (sulfide) groups is 1. The van der Waals surface area contributed by atoms with Crippen LogP contribution in [-0.4, -0.2) is 39.2 Å². The van der Waals surface area contributed by atoms with Gasteiger partial charge in [0.2, 0.25) is 0 Å². The van der Waals surface area contributed by atoms with Gasteiger partial charge in [-0.25, -0.2) is 0 Å². The number of rotatable bonds is 0. The van der Waals surface area contributed by atoms with E-state index in [-0.39, 0.29) is 16.0 Å². The molecule has 1 spiro atoms. The fourth-order valence-electron chi connectivity index (χ4n) is 2.42. The quantitative estimate of drug-likeness (QED) is 0.590. The van der Waals surface area contributed by atoms with Crippen molar-refractivity contribution in [1.29, 1.82) is 0 Å². The molecule has 3 heterocycles. The van der Waals surface area contributed by atoms with E-state index in [2.05, 4.69) is 24.4 Å². The number of hydrazone groups is 1. The van der Waals surface area contributed by atoms with Gasteiger partial charge in [-0.15, -0.1) is 11.8 Å². The van der Waals surface area contributed by atoms with Crippen LogP contribution in [-0.2, 0) is 4.79 Å². The van der Waals surface area contributed by atoms with E-state index in [0.717, 1.165) is 13.0 Å². The summed E-state index contributed by atoms with van der Waals surface area (Å²) in [5.74, 6) is 0.220. The van der Waals surface area contributed by atoms with Gasteiger partial charge in [0.1, 0.15) is 5.37 Å². The van der Waals surface area contributed by atoms with Crippen LogP contribution in [0.2, 0.25) is 0 Å². The molecule has 2 unspecified atom stereocenters. The Balaban J connectivity index is 1.90. The molecular formula is C9H13N3OS. The topological polar surface area (TPSA) is 44.7 Å². The van der Waals surface area contributed by atoms with Crippen LogP contribution in [0.15, 0.2) is 5.10 Å². The van der Waals surface area contributed by atoms with Gasteiger partial charge < -0.3 is 4.90 Å². The Morgan fingerprint density at radius 1 is 1.71 bits per heavy atom. The fourth-order valence-corrected chi connectivity index (χ4v) is 3.99. The molecule has 1 N–H and O–H groups in total. The maximum Gasteiger partial charge on any atom is 0.254 e. The molecule has 5 heteroatoms. The molecule has 0 aromatic heterocycles. The minimum absolute atomic E-state index is 0.189. The monoisotopic (exact) mass is 211 g/mol. The van der Waals surface area contributed by atoms with E-state index in [1.807, 2.05) is 16.7 Å². The van der Waals surface area contributed by atoms with Crippen molar-refractivity contribution < 1.29 is 4.79 Å². The van der Waals surface area contributed by atoms with E-state index in [9.17, 15) is 4.79 Å². The second-order valence-electron chi connectivity index (χ2n) is 4.76. The Hall–Kier alpha value is -0.710. The highest BCUT2D eigenvalue weighted by molar-refractivity contribution is 8.01. The number of carbonyl (C=O) groups excluding carboxylic acids is 1. The molecule has 0 aromatic rings. The number of amides is 1. The fraction of sp³-hybridized carbons (Fsp3) is 0.778. The Bertz CT molecular complexity index is 331. The van der Waals surface area contributed by atoms with E-state index >= 15 is 0 Å². The maximum absolute atomic E-state index is 11.9. The molecule has 0 saturated carbocycles.